The number of ether oxygens (including phenoxy) is 4. The summed E-state index contributed by atoms with van der Waals surface area (Å²) in [5.41, 5.74) is 0. The number of hydrogen-bond acceptors (Lipinski definition) is 8. The maximum Gasteiger partial charge on any atom is 0.305 e. The first-order valence-electron chi connectivity index (χ1n) is 21.9. The van der Waals surface area contributed by atoms with Crippen LogP contribution in [0.5, 0.6) is 0 Å². The van der Waals surface area contributed by atoms with E-state index in [1.54, 1.807) is 0 Å². The summed E-state index contributed by atoms with van der Waals surface area (Å²) in [6.45, 7) is 11.5. The molecule has 0 aliphatic heterocycles. The van der Waals surface area contributed by atoms with Crippen molar-refractivity contribution in [1.82, 2.24) is 4.90 Å². The normalized spacial score (nSPS) is 11.0. The van der Waals surface area contributed by atoms with Crippen LogP contribution < -0.4 is 0 Å². The monoisotopic (exact) mass is 748 g/mol. The van der Waals surface area contributed by atoms with Gasteiger partial charge in [-0.15, -0.1) is 23.7 Å². The Labute approximate surface area is 326 Å². The summed E-state index contributed by atoms with van der Waals surface area (Å²) in [7, 11) is 0. The van der Waals surface area contributed by atoms with E-state index in [-0.39, 0.29) is 24.8 Å². The summed E-state index contributed by atoms with van der Waals surface area (Å²) in [6, 6.07) is 0. The number of unbranched alkanes of at least 4 members (excludes halogenated alkanes) is 16. The van der Waals surface area contributed by atoms with Gasteiger partial charge < -0.3 is 29.0 Å². The Morgan fingerprint density at radius 1 is 0.491 bits per heavy atom. The third-order valence-corrected chi connectivity index (χ3v) is 9.05. The first-order chi connectivity index (χ1) is 26.1. The standard InChI is InChI=1S/C45H81NO7/c1-4-7-10-13-14-21-28-39-50-43(48)32-23-16-15-17-26-35-46(37-38-47)36-27-18-22-29-40-51-44(49)33-24-25-34-45(52-41-30-19-11-8-5-2)53-42-31-20-12-9-6-3/h45,47H,4-10,13-18,21-42H2,1-3H3. The van der Waals surface area contributed by atoms with E-state index >= 15 is 0 Å². The molecule has 0 aromatic carbocycles. The summed E-state index contributed by atoms with van der Waals surface area (Å²) >= 11 is 0. The van der Waals surface area contributed by atoms with Crippen molar-refractivity contribution >= 4 is 11.9 Å². The molecule has 0 unspecified atom stereocenters. The molecule has 0 saturated carbocycles. The van der Waals surface area contributed by atoms with Gasteiger partial charge in [-0.05, 0) is 77.3 Å². The van der Waals surface area contributed by atoms with Crippen LogP contribution in [0.25, 0.3) is 0 Å². The Kier molecular flexibility index (Phi) is 40.9. The highest BCUT2D eigenvalue weighted by Crippen LogP contribution is 2.12. The molecule has 0 aliphatic rings. The molecule has 8 nitrogen and oxygen atoms in total. The second-order valence-electron chi connectivity index (χ2n) is 14.2. The Morgan fingerprint density at radius 3 is 1.42 bits per heavy atom. The van der Waals surface area contributed by atoms with E-state index in [1.807, 2.05) is 0 Å². The summed E-state index contributed by atoms with van der Waals surface area (Å²) in [5.74, 6) is 12.4. The molecule has 0 bridgehead atoms. The van der Waals surface area contributed by atoms with Crippen LogP contribution in [-0.2, 0) is 28.5 Å². The van der Waals surface area contributed by atoms with Crippen molar-refractivity contribution in [2.45, 2.75) is 200 Å². The van der Waals surface area contributed by atoms with Crippen LogP contribution in [0.15, 0.2) is 0 Å². The lowest BCUT2D eigenvalue weighted by atomic mass is 10.1. The average Bonchev–Trinajstić information content (AvgIpc) is 3.15. The molecule has 0 saturated heterocycles. The van der Waals surface area contributed by atoms with Gasteiger partial charge in [0.25, 0.3) is 0 Å². The Bertz CT molecular complexity index is 905. The van der Waals surface area contributed by atoms with Crippen LogP contribution in [0.2, 0.25) is 0 Å². The quantitative estimate of drug-likeness (QED) is 0.0289. The van der Waals surface area contributed by atoms with Gasteiger partial charge >= 0.3 is 11.9 Å². The second kappa shape index (κ2) is 42.6. The maximum atomic E-state index is 12.3. The zero-order valence-corrected chi connectivity index (χ0v) is 34.7. The van der Waals surface area contributed by atoms with Crippen molar-refractivity contribution in [2.75, 3.05) is 52.7 Å². The molecule has 0 aromatic heterocycles. The van der Waals surface area contributed by atoms with E-state index in [2.05, 4.69) is 49.4 Å². The van der Waals surface area contributed by atoms with E-state index in [0.29, 0.717) is 58.7 Å². The fourth-order valence-corrected chi connectivity index (χ4v) is 5.86. The predicted octanol–water partition coefficient (Wildman–Crippen LogP) is 10.3. The van der Waals surface area contributed by atoms with Crippen LogP contribution in [0.3, 0.4) is 0 Å². The fourth-order valence-electron chi connectivity index (χ4n) is 5.86. The number of carbonyl (C=O) groups excluding carboxylic acids is 2. The molecule has 0 fully saturated rings. The minimum Gasteiger partial charge on any atom is -0.466 e. The number of aliphatic hydroxyl groups is 1. The number of aliphatic hydroxyl groups excluding tert-OH is 1. The highest BCUT2D eigenvalue weighted by Gasteiger charge is 2.11. The van der Waals surface area contributed by atoms with E-state index in [4.69, 9.17) is 18.9 Å². The van der Waals surface area contributed by atoms with E-state index in [1.165, 1.54) is 32.1 Å². The first-order valence-corrected chi connectivity index (χ1v) is 21.9. The molecule has 0 aromatic rings. The predicted molar refractivity (Wildman–Crippen MR) is 218 cm³/mol. The highest BCUT2D eigenvalue weighted by molar-refractivity contribution is 5.69. The lowest BCUT2D eigenvalue weighted by Crippen LogP contribution is -2.29. The summed E-state index contributed by atoms with van der Waals surface area (Å²) < 4.78 is 22.8. The molecule has 8 heteroatoms. The third kappa shape index (κ3) is 39.4. The molecule has 0 radical (unpaired) electrons. The zero-order valence-electron chi connectivity index (χ0n) is 34.7. The van der Waals surface area contributed by atoms with Gasteiger partial charge in [0.05, 0.1) is 33.0 Å². The minimum absolute atomic E-state index is 0.0459. The lowest BCUT2D eigenvalue weighted by Gasteiger charge is -2.21. The molecular formula is C45H81NO7. The molecule has 53 heavy (non-hydrogen) atoms. The van der Waals surface area contributed by atoms with Gasteiger partial charge in [0.2, 0.25) is 0 Å². The molecule has 1 N–H and O–H groups in total. The fraction of sp³-hybridized carbons (Fsp3) is 0.867. The van der Waals surface area contributed by atoms with Gasteiger partial charge in [-0.1, -0.05) is 91.4 Å². The van der Waals surface area contributed by atoms with Crippen molar-refractivity contribution in [2.24, 2.45) is 0 Å². The van der Waals surface area contributed by atoms with Crippen molar-refractivity contribution < 1.29 is 33.6 Å². The highest BCUT2D eigenvalue weighted by atomic mass is 16.7. The van der Waals surface area contributed by atoms with Crippen LogP contribution >= 0.6 is 0 Å². The van der Waals surface area contributed by atoms with Crippen molar-refractivity contribution in [3.63, 3.8) is 0 Å². The van der Waals surface area contributed by atoms with Crippen LogP contribution in [0.4, 0.5) is 0 Å². The van der Waals surface area contributed by atoms with Crippen LogP contribution in [0, 0.1) is 23.7 Å². The SMILES string of the molecule is CCCC#CCCOC(CCCCC(=O)OCCCCCCN(CCO)CCCCCCCC(=O)OCCCCCCCCC)OCCC#CCCC. The maximum absolute atomic E-state index is 12.3. The first kappa shape index (κ1) is 50.9. The largest absolute Gasteiger partial charge is 0.466 e. The third-order valence-electron chi connectivity index (χ3n) is 9.05. The summed E-state index contributed by atoms with van der Waals surface area (Å²) in [5, 5.41) is 9.51. The van der Waals surface area contributed by atoms with Gasteiger partial charge in [-0.2, -0.15) is 0 Å². The minimum atomic E-state index is -0.293. The number of carbonyl (C=O) groups is 2. The molecule has 0 heterocycles. The van der Waals surface area contributed by atoms with Crippen LogP contribution in [0.1, 0.15) is 194 Å². The van der Waals surface area contributed by atoms with Crippen LogP contribution in [-0.4, -0.2) is 80.9 Å². The van der Waals surface area contributed by atoms with E-state index in [0.717, 1.165) is 129 Å². The molecule has 0 rings (SSSR count). The van der Waals surface area contributed by atoms with Gasteiger partial charge in [-0.3, -0.25) is 9.59 Å². The number of nitrogens with zero attached hydrogens (tertiary/aromatic N) is 1. The van der Waals surface area contributed by atoms with E-state index < -0.39 is 0 Å². The summed E-state index contributed by atoms with van der Waals surface area (Å²) in [4.78, 5) is 26.6. The number of rotatable bonds is 38. The smallest absolute Gasteiger partial charge is 0.305 e. The Hall–Kier alpha value is -2.10. The van der Waals surface area contributed by atoms with Crippen molar-refractivity contribution in [1.29, 1.82) is 0 Å². The molecular weight excluding hydrogens is 666 g/mol. The van der Waals surface area contributed by atoms with Gasteiger partial charge in [0.15, 0.2) is 6.29 Å². The van der Waals surface area contributed by atoms with Crippen molar-refractivity contribution in [3.05, 3.63) is 0 Å². The van der Waals surface area contributed by atoms with E-state index in [9.17, 15) is 14.7 Å². The van der Waals surface area contributed by atoms with Gasteiger partial charge in [0.1, 0.15) is 0 Å². The Balaban J connectivity index is 3.90. The second-order valence-corrected chi connectivity index (χ2v) is 14.2. The number of hydrogen-bond donors (Lipinski definition) is 1. The molecule has 308 valence electrons. The van der Waals surface area contributed by atoms with Gasteiger partial charge in [0, 0.05) is 45.1 Å². The van der Waals surface area contributed by atoms with Crippen molar-refractivity contribution in [3.8, 4) is 23.7 Å². The van der Waals surface area contributed by atoms with Gasteiger partial charge in [-0.25, -0.2) is 0 Å². The summed E-state index contributed by atoms with van der Waals surface area (Å²) in [6.07, 6.45) is 26.4. The molecule has 0 aliphatic carbocycles. The lowest BCUT2D eigenvalue weighted by molar-refractivity contribution is -0.147. The topological polar surface area (TPSA) is 94.5 Å². The zero-order chi connectivity index (χ0) is 38.7. The average molecular weight is 748 g/mol. The molecule has 0 amide bonds. The molecule has 0 spiro atoms. The number of esters is 2. The Morgan fingerprint density at radius 2 is 0.925 bits per heavy atom. The molecule has 0 atom stereocenters.